The first kappa shape index (κ1) is 12.0. The molecule has 0 radical (unpaired) electrons. The summed E-state index contributed by atoms with van der Waals surface area (Å²) in [4.78, 5) is 10.6. The van der Waals surface area contributed by atoms with Gasteiger partial charge in [-0.15, -0.1) is 0 Å². The van der Waals surface area contributed by atoms with Crippen molar-refractivity contribution in [2.45, 2.75) is 20.5 Å². The van der Waals surface area contributed by atoms with Gasteiger partial charge in [0.1, 0.15) is 12.4 Å². The van der Waals surface area contributed by atoms with E-state index < -0.39 is 0 Å². The van der Waals surface area contributed by atoms with Crippen LogP contribution in [0.15, 0.2) is 23.4 Å². The lowest BCUT2D eigenvalue weighted by atomic mass is 10.1. The summed E-state index contributed by atoms with van der Waals surface area (Å²) in [6.07, 6.45) is 0. The molecule has 1 rings (SSSR count). The molecule has 0 saturated heterocycles. The van der Waals surface area contributed by atoms with Crippen molar-refractivity contribution in [2.24, 2.45) is 5.16 Å². The Kier molecular flexibility index (Phi) is 3.88. The quantitative estimate of drug-likeness (QED) is 0.353. The molecule has 1 aromatic carbocycles. The van der Waals surface area contributed by atoms with Crippen LogP contribution < -0.4 is 0 Å². The second-order valence-electron chi connectivity index (χ2n) is 3.32. The molecular weight excluding hydrogens is 210 g/mol. The number of esters is 1. The van der Waals surface area contributed by atoms with Crippen LogP contribution in [0.2, 0.25) is 0 Å². The van der Waals surface area contributed by atoms with Crippen molar-refractivity contribution in [1.82, 2.24) is 0 Å². The first-order chi connectivity index (χ1) is 7.54. The third-order valence-electron chi connectivity index (χ3n) is 2.04. The fourth-order valence-electron chi connectivity index (χ4n) is 1.20. The van der Waals surface area contributed by atoms with Crippen LogP contribution in [0.4, 0.5) is 0 Å². The maximum atomic E-state index is 10.6. The maximum Gasteiger partial charge on any atom is 0.302 e. The molecule has 16 heavy (non-hydrogen) atoms. The summed E-state index contributed by atoms with van der Waals surface area (Å²) in [5, 5.41) is 21.1. The number of carbonyl (C=O) groups excluding carboxylic acids is 1. The summed E-state index contributed by atoms with van der Waals surface area (Å²) in [7, 11) is 0. The Morgan fingerprint density at radius 3 is 2.69 bits per heavy atom. The third kappa shape index (κ3) is 2.98. The highest BCUT2D eigenvalue weighted by Crippen LogP contribution is 2.19. The Hall–Kier alpha value is -2.04. The van der Waals surface area contributed by atoms with Crippen LogP contribution >= 0.6 is 0 Å². The standard InChI is InChI=1S/C11H13NO4/c1-7(12-15)10-5-9(3-4-11(10)14)6-16-8(2)13/h3-5,14-15H,6H2,1-2H3/b12-7+. The first-order valence-corrected chi connectivity index (χ1v) is 4.69. The molecule has 0 spiro atoms. The summed E-state index contributed by atoms with van der Waals surface area (Å²) in [6.45, 7) is 3.01. The van der Waals surface area contributed by atoms with E-state index in [1.165, 1.54) is 13.0 Å². The van der Waals surface area contributed by atoms with Crippen molar-refractivity contribution in [3.8, 4) is 5.75 Å². The van der Waals surface area contributed by atoms with Crippen molar-refractivity contribution in [2.75, 3.05) is 0 Å². The van der Waals surface area contributed by atoms with Crippen LogP contribution in [-0.2, 0) is 16.1 Å². The normalized spacial score (nSPS) is 11.2. The summed E-state index contributed by atoms with van der Waals surface area (Å²) in [5.41, 5.74) is 1.42. The van der Waals surface area contributed by atoms with E-state index in [4.69, 9.17) is 9.94 Å². The van der Waals surface area contributed by atoms with E-state index >= 15 is 0 Å². The minimum absolute atomic E-state index is 0.0156. The average molecular weight is 223 g/mol. The Bertz CT molecular complexity index is 426. The number of hydrogen-bond donors (Lipinski definition) is 2. The van der Waals surface area contributed by atoms with Gasteiger partial charge < -0.3 is 15.1 Å². The summed E-state index contributed by atoms with van der Waals surface area (Å²) >= 11 is 0. The van der Waals surface area contributed by atoms with Crippen LogP contribution in [0.25, 0.3) is 0 Å². The molecule has 0 atom stereocenters. The van der Waals surface area contributed by atoms with Gasteiger partial charge in [-0.25, -0.2) is 0 Å². The Morgan fingerprint density at radius 1 is 1.44 bits per heavy atom. The molecule has 1 aromatic rings. The molecule has 0 aromatic heterocycles. The molecule has 0 saturated carbocycles. The zero-order valence-corrected chi connectivity index (χ0v) is 9.10. The molecule has 86 valence electrons. The topological polar surface area (TPSA) is 79.1 Å². The molecular formula is C11H13NO4. The molecule has 5 nitrogen and oxygen atoms in total. The minimum Gasteiger partial charge on any atom is -0.507 e. The predicted octanol–water partition coefficient (Wildman–Crippen LogP) is 1.65. The van der Waals surface area contributed by atoms with E-state index in [0.29, 0.717) is 16.8 Å². The van der Waals surface area contributed by atoms with Gasteiger partial charge in [-0.3, -0.25) is 4.79 Å². The second-order valence-corrected chi connectivity index (χ2v) is 3.32. The highest BCUT2D eigenvalue weighted by molar-refractivity contribution is 6.00. The monoisotopic (exact) mass is 223 g/mol. The number of nitrogens with zero attached hydrogens (tertiary/aromatic N) is 1. The predicted molar refractivity (Wildman–Crippen MR) is 57.6 cm³/mol. The molecule has 0 aliphatic rings. The lowest BCUT2D eigenvalue weighted by Gasteiger charge is -2.06. The minimum atomic E-state index is -0.373. The molecule has 0 bridgehead atoms. The summed E-state index contributed by atoms with van der Waals surface area (Å²) < 4.78 is 4.81. The Morgan fingerprint density at radius 2 is 2.12 bits per heavy atom. The Balaban J connectivity index is 2.94. The SMILES string of the molecule is CC(=O)OCc1ccc(O)c(/C(C)=N/O)c1. The van der Waals surface area contributed by atoms with E-state index in [1.54, 1.807) is 19.1 Å². The van der Waals surface area contributed by atoms with Gasteiger partial charge in [0.2, 0.25) is 0 Å². The van der Waals surface area contributed by atoms with Crippen molar-refractivity contribution in [3.05, 3.63) is 29.3 Å². The number of rotatable bonds is 3. The van der Waals surface area contributed by atoms with E-state index in [1.807, 2.05) is 0 Å². The van der Waals surface area contributed by atoms with E-state index in [-0.39, 0.29) is 18.3 Å². The highest BCUT2D eigenvalue weighted by atomic mass is 16.5. The van der Waals surface area contributed by atoms with Gasteiger partial charge in [0.15, 0.2) is 0 Å². The third-order valence-corrected chi connectivity index (χ3v) is 2.04. The molecule has 0 aliphatic heterocycles. The number of hydrogen-bond acceptors (Lipinski definition) is 5. The van der Waals surface area contributed by atoms with Crippen LogP contribution in [0.5, 0.6) is 5.75 Å². The van der Waals surface area contributed by atoms with Crippen LogP contribution in [-0.4, -0.2) is 22.0 Å². The number of aromatic hydroxyl groups is 1. The van der Waals surface area contributed by atoms with Crippen LogP contribution in [0, 0.1) is 0 Å². The maximum absolute atomic E-state index is 10.6. The average Bonchev–Trinajstić information content (AvgIpc) is 2.27. The van der Waals surface area contributed by atoms with Gasteiger partial charge in [-0.05, 0) is 24.6 Å². The fourth-order valence-corrected chi connectivity index (χ4v) is 1.20. The number of carbonyl (C=O) groups is 1. The molecule has 0 fully saturated rings. The number of phenolic OH excluding ortho intramolecular Hbond substituents is 1. The van der Waals surface area contributed by atoms with Gasteiger partial charge in [-0.2, -0.15) is 0 Å². The summed E-state index contributed by atoms with van der Waals surface area (Å²) in [5.74, 6) is -0.357. The highest BCUT2D eigenvalue weighted by Gasteiger charge is 2.07. The van der Waals surface area contributed by atoms with Crippen LogP contribution in [0.1, 0.15) is 25.0 Å². The second kappa shape index (κ2) is 5.16. The smallest absolute Gasteiger partial charge is 0.302 e. The van der Waals surface area contributed by atoms with Gasteiger partial charge >= 0.3 is 5.97 Å². The fraction of sp³-hybridized carbons (Fsp3) is 0.273. The zero-order chi connectivity index (χ0) is 12.1. The van der Waals surface area contributed by atoms with Crippen molar-refractivity contribution >= 4 is 11.7 Å². The van der Waals surface area contributed by atoms with E-state index in [2.05, 4.69) is 5.16 Å². The van der Waals surface area contributed by atoms with Crippen molar-refractivity contribution in [1.29, 1.82) is 0 Å². The van der Waals surface area contributed by atoms with Gasteiger partial charge in [0, 0.05) is 12.5 Å². The zero-order valence-electron chi connectivity index (χ0n) is 9.10. The molecule has 0 aliphatic carbocycles. The molecule has 5 heteroatoms. The van der Waals surface area contributed by atoms with Crippen LogP contribution in [0.3, 0.4) is 0 Å². The number of phenols is 1. The van der Waals surface area contributed by atoms with Gasteiger partial charge in [0.05, 0.1) is 5.71 Å². The van der Waals surface area contributed by atoms with Gasteiger partial charge in [0.25, 0.3) is 0 Å². The summed E-state index contributed by atoms with van der Waals surface area (Å²) in [6, 6.07) is 4.70. The van der Waals surface area contributed by atoms with E-state index in [9.17, 15) is 9.90 Å². The molecule has 0 amide bonds. The lowest BCUT2D eigenvalue weighted by Crippen LogP contribution is -2.01. The largest absolute Gasteiger partial charge is 0.507 e. The van der Waals surface area contributed by atoms with E-state index in [0.717, 1.165) is 0 Å². The molecule has 0 unspecified atom stereocenters. The molecule has 2 N–H and O–H groups in total. The number of ether oxygens (including phenoxy) is 1. The lowest BCUT2D eigenvalue weighted by molar-refractivity contribution is -0.142. The molecule has 0 heterocycles. The van der Waals surface area contributed by atoms with Crippen molar-refractivity contribution < 1.29 is 19.8 Å². The van der Waals surface area contributed by atoms with Crippen molar-refractivity contribution in [3.63, 3.8) is 0 Å². The number of benzene rings is 1. The number of oxime groups is 1. The first-order valence-electron chi connectivity index (χ1n) is 4.69. The van der Waals surface area contributed by atoms with Gasteiger partial charge in [-0.1, -0.05) is 11.2 Å². The Labute approximate surface area is 93.0 Å².